The maximum Gasteiger partial charge on any atom is 0.488 e. The predicted octanol–water partition coefficient (Wildman–Crippen LogP) is 29.1. The normalized spacial score (nSPS) is 12.1. The Labute approximate surface area is 882 Å². The SMILES string of the molecule is Brc1cccc(-c2nc(-c3ccccc3)nc(-c3ccccc3)n2)c1.Clc1cccc(-c2cccc(-c3nc(-c4ccccc4)nc(-c4ccccc4)n3)c2)c1.OB(O)c1ccc2c(c1)C1(c3ccccc3-c3ccccc31)c1ccccc1-2.OB(O)c1cccc(Cl)c1.c1ccc(-c2nc(-c3ccccc3)nc(-c3cccc(-c4cccc(-c5ccc6c(c5)C5(c7ccccc7-c7ccccc75)c5ccccc5-6)c4)c3)n2)cc1. The minimum Gasteiger partial charge on any atom is -0.423 e. The Morgan fingerprint density at radius 1 is 0.161 bits per heavy atom. The highest BCUT2D eigenvalue weighted by atomic mass is 79.9. The van der Waals surface area contributed by atoms with E-state index in [0.717, 1.165) is 87.9 Å². The zero-order valence-corrected chi connectivity index (χ0v) is 83.2. The molecule has 4 aliphatic rings. The van der Waals surface area contributed by atoms with Crippen LogP contribution < -0.4 is 10.9 Å². The minimum atomic E-state index is -1.49. The molecule has 18 heteroatoms. The van der Waals surface area contributed by atoms with Gasteiger partial charge in [0.25, 0.3) is 0 Å². The fraction of sp³-hybridized carbons (Fsp3) is 0.0153. The molecule has 0 saturated carbocycles. The van der Waals surface area contributed by atoms with Gasteiger partial charge >= 0.3 is 14.2 Å². The van der Waals surface area contributed by atoms with E-state index in [2.05, 4.69) is 245 Å². The van der Waals surface area contributed by atoms with Crippen LogP contribution in [0.25, 0.3) is 180 Å². The van der Waals surface area contributed by atoms with Crippen LogP contribution in [0.15, 0.2) is 514 Å². The number of aromatic nitrogens is 9. The summed E-state index contributed by atoms with van der Waals surface area (Å²) >= 11 is 15.3. The number of nitrogens with zero attached hydrogens (tertiary/aromatic N) is 9. The van der Waals surface area contributed by atoms with Gasteiger partial charge in [0, 0.05) is 64.6 Å². The van der Waals surface area contributed by atoms with E-state index in [0.29, 0.717) is 73.4 Å². The van der Waals surface area contributed by atoms with Crippen LogP contribution in [0.4, 0.5) is 0 Å². The molecular weight excluding hydrogens is 1940 g/mol. The molecule has 13 nitrogen and oxygen atoms in total. The summed E-state index contributed by atoms with van der Waals surface area (Å²) in [6, 6.07) is 174. The van der Waals surface area contributed by atoms with Crippen molar-refractivity contribution in [1.29, 1.82) is 0 Å². The van der Waals surface area contributed by atoms with Crippen molar-refractivity contribution in [2.24, 2.45) is 0 Å². The van der Waals surface area contributed by atoms with Gasteiger partial charge in [-0.3, -0.25) is 0 Å². The first-order valence-corrected chi connectivity index (χ1v) is 50.6. The average Bonchev–Trinajstić information content (AvgIpc) is 1.51. The number of hydrogen-bond donors (Lipinski definition) is 4. The molecule has 3 aromatic heterocycles. The molecule has 0 radical (unpaired) electrons. The quantitative estimate of drug-likeness (QED) is 0.0751. The molecule has 0 bridgehead atoms. The number of hydrogen-bond acceptors (Lipinski definition) is 13. The third-order valence-corrected chi connectivity index (χ3v) is 28.5. The van der Waals surface area contributed by atoms with Crippen molar-refractivity contribution in [3.8, 4) is 180 Å². The van der Waals surface area contributed by atoms with Crippen molar-refractivity contribution < 1.29 is 20.1 Å². The highest BCUT2D eigenvalue weighted by Gasteiger charge is 2.53. The van der Waals surface area contributed by atoms with Crippen LogP contribution in [0.2, 0.25) is 10.0 Å². The van der Waals surface area contributed by atoms with Crippen LogP contribution in [0, 0.1) is 0 Å². The molecule has 2 spiro atoms. The first kappa shape index (κ1) is 95.0. The summed E-state index contributed by atoms with van der Waals surface area (Å²) in [6.45, 7) is 0. The fourth-order valence-electron chi connectivity index (χ4n) is 20.9. The van der Waals surface area contributed by atoms with Crippen LogP contribution in [-0.4, -0.2) is 79.2 Å². The van der Waals surface area contributed by atoms with Crippen LogP contribution in [0.5, 0.6) is 0 Å². The Hall–Kier alpha value is -17.5. The van der Waals surface area contributed by atoms with Gasteiger partial charge in [-0.2, -0.15) is 0 Å². The molecule has 0 amide bonds. The van der Waals surface area contributed by atoms with Crippen molar-refractivity contribution >= 4 is 64.3 Å². The average molecular weight is 2020 g/mol. The van der Waals surface area contributed by atoms with Gasteiger partial charge in [-0.05, 0) is 194 Å². The monoisotopic (exact) mass is 2020 g/mol. The second-order valence-corrected chi connectivity index (χ2v) is 38.3. The summed E-state index contributed by atoms with van der Waals surface area (Å²) in [5.41, 5.74) is 35.8. The van der Waals surface area contributed by atoms with Crippen LogP contribution in [-0.2, 0) is 10.8 Å². The number of fused-ring (bicyclic) bond motifs is 20. The lowest BCUT2D eigenvalue weighted by Gasteiger charge is -2.30. The van der Waals surface area contributed by atoms with Crippen molar-refractivity contribution in [2.75, 3.05) is 0 Å². The Kier molecular flexibility index (Phi) is 26.7. The third kappa shape index (κ3) is 18.8. The number of rotatable bonds is 14. The van der Waals surface area contributed by atoms with Gasteiger partial charge in [0.2, 0.25) is 0 Å². The van der Waals surface area contributed by atoms with E-state index in [1.807, 2.05) is 261 Å². The zero-order valence-electron chi connectivity index (χ0n) is 80.1. The van der Waals surface area contributed by atoms with Gasteiger partial charge in [0.05, 0.1) is 10.8 Å². The van der Waals surface area contributed by atoms with E-state index in [9.17, 15) is 10.0 Å². The van der Waals surface area contributed by atoms with E-state index in [1.165, 1.54) is 95.1 Å². The topological polar surface area (TPSA) is 197 Å². The summed E-state index contributed by atoms with van der Waals surface area (Å²) in [5, 5.41) is 38.2. The Morgan fingerprint density at radius 3 is 0.658 bits per heavy atom. The van der Waals surface area contributed by atoms with Crippen molar-refractivity contribution in [1.82, 2.24) is 44.9 Å². The van der Waals surface area contributed by atoms with E-state index >= 15 is 0 Å². The number of benzene rings is 20. The van der Waals surface area contributed by atoms with Gasteiger partial charge in [-0.1, -0.05) is 488 Å². The molecule has 0 unspecified atom stereocenters. The van der Waals surface area contributed by atoms with Crippen molar-refractivity contribution in [3.63, 3.8) is 0 Å². The van der Waals surface area contributed by atoms with Gasteiger partial charge in [0.15, 0.2) is 52.4 Å². The predicted molar refractivity (Wildman–Crippen MR) is 608 cm³/mol. The zero-order chi connectivity index (χ0) is 101. The molecule has 149 heavy (non-hydrogen) atoms. The van der Waals surface area contributed by atoms with Crippen LogP contribution >= 0.6 is 39.1 Å². The van der Waals surface area contributed by atoms with E-state index in [4.69, 9.17) is 73.1 Å². The first-order valence-electron chi connectivity index (χ1n) is 49.0. The van der Waals surface area contributed by atoms with Gasteiger partial charge < -0.3 is 20.1 Å². The third-order valence-electron chi connectivity index (χ3n) is 27.6. The lowest BCUT2D eigenvalue weighted by molar-refractivity contribution is 0.424. The molecule has 27 rings (SSSR count). The second kappa shape index (κ2) is 41.9. The molecule has 4 N–H and O–H groups in total. The van der Waals surface area contributed by atoms with Gasteiger partial charge in [-0.15, -0.1) is 0 Å². The first-order chi connectivity index (χ1) is 73.2. The molecule has 4 aliphatic carbocycles. The number of halogens is 3. The molecule has 0 saturated heterocycles. The molecule has 20 aromatic carbocycles. The molecule has 0 fully saturated rings. The lowest BCUT2D eigenvalue weighted by atomic mass is 9.68. The molecular formula is C131H88B2BrCl2N9O4. The summed E-state index contributed by atoms with van der Waals surface area (Å²) < 4.78 is 0.993. The fourth-order valence-corrected chi connectivity index (χ4v) is 21.7. The molecule has 708 valence electrons. The van der Waals surface area contributed by atoms with Crippen molar-refractivity contribution in [3.05, 3.63) is 569 Å². The second-order valence-electron chi connectivity index (χ2n) is 36.5. The molecule has 23 aromatic rings. The summed E-state index contributed by atoms with van der Waals surface area (Å²) in [5.74, 6) is 5.89. The highest BCUT2D eigenvalue weighted by Crippen LogP contribution is 2.65. The molecule has 0 aliphatic heterocycles. The van der Waals surface area contributed by atoms with Crippen molar-refractivity contribution in [2.45, 2.75) is 10.8 Å². The Bertz CT molecular complexity index is 8640. The molecule has 3 heterocycles. The van der Waals surface area contributed by atoms with Crippen LogP contribution in [0.3, 0.4) is 0 Å². The highest BCUT2D eigenvalue weighted by molar-refractivity contribution is 9.10. The summed E-state index contributed by atoms with van der Waals surface area (Å²) in [6.07, 6.45) is 0. The van der Waals surface area contributed by atoms with Crippen LogP contribution in [0.1, 0.15) is 44.5 Å². The lowest BCUT2D eigenvalue weighted by Crippen LogP contribution is -2.32. The smallest absolute Gasteiger partial charge is 0.423 e. The standard InChI is InChI=1S/C52H33N3.C27H18ClN3.C25H17BO2.C21H14BrN3.C6H6BClO2/c1-3-15-34(16-4-1)49-53-50(35-17-5-2-6-18-35)55-51(54-49)40-22-14-21-38(32-40)36-19-13-20-37(31-36)39-29-30-44-43-25-9-12-28-47(43)52(48(44)33-39)45-26-10-7-23-41(45)42-24-8-11-27-46(42)52;28-24-16-8-14-22(18-24)21-13-7-15-23(17-21)27-30-25(19-9-3-1-4-10-19)29-26(31-27)20-11-5-2-6-12-20;27-26(28)16-13-14-20-19-9-3-6-12-23(19)25(24(20)15-16)21-10-4-1-7-17(21)18-8-2-5-11-22(18)25;22-18-13-7-12-17(14-18)21-24-19(15-8-3-1-4-9-15)23-20(25-21)16-10-5-2-6-11-16;8-6-3-1-2-5(4-6)7(9)10/h1-33H;1-18H;1-15,27-28H;1-14H;1-4,9-10H. The van der Waals surface area contributed by atoms with Gasteiger partial charge in [-0.25, -0.2) is 44.9 Å². The minimum absolute atomic E-state index is 0.372. The Morgan fingerprint density at radius 2 is 0.369 bits per heavy atom. The largest absolute Gasteiger partial charge is 0.488 e. The molecule has 0 atom stereocenters. The summed E-state index contributed by atoms with van der Waals surface area (Å²) in [7, 11) is -2.92. The van der Waals surface area contributed by atoms with E-state index < -0.39 is 19.7 Å². The van der Waals surface area contributed by atoms with E-state index in [-0.39, 0.29) is 5.41 Å². The maximum absolute atomic E-state index is 9.85. The maximum atomic E-state index is 9.85. The van der Waals surface area contributed by atoms with Gasteiger partial charge in [0.1, 0.15) is 0 Å². The summed E-state index contributed by atoms with van der Waals surface area (Å²) in [4.78, 5) is 43.3. The Balaban J connectivity index is 0.000000111. The van der Waals surface area contributed by atoms with E-state index in [1.54, 1.807) is 18.2 Å².